The zero-order valence-electron chi connectivity index (χ0n) is 14.5. The number of carbonyl (C=O) groups is 1. The summed E-state index contributed by atoms with van der Waals surface area (Å²) in [6.07, 6.45) is -5.49. The van der Waals surface area contributed by atoms with E-state index in [4.69, 9.17) is 10.8 Å². The summed E-state index contributed by atoms with van der Waals surface area (Å²) in [5.74, 6) is -1.45. The third kappa shape index (κ3) is 5.77. The number of aromatic nitrogens is 1. The second kappa shape index (κ2) is 8.61. The SMILES string of the molecule is Nc1cc(S(=O)(=O)c2ccc(OC(F)(F)F)cc2)cnc1C(=O)NCC(O)CF. The molecule has 4 N–H and O–H groups in total. The first-order valence-corrected chi connectivity index (χ1v) is 9.31. The lowest BCUT2D eigenvalue weighted by atomic mass is 10.3. The zero-order chi connectivity index (χ0) is 21.8. The van der Waals surface area contributed by atoms with E-state index in [1.54, 1.807) is 0 Å². The second-order valence-corrected chi connectivity index (χ2v) is 7.60. The summed E-state index contributed by atoms with van der Waals surface area (Å²) in [5, 5.41) is 11.3. The standard InChI is InChI=1S/C16H15F4N3O5S/c17-6-9(24)7-23-15(25)14-13(21)5-12(8-22-14)29(26,27)11-3-1-10(2-4-11)28-16(18,19)20/h1-5,8-9,24H,6-7,21H2,(H,23,25). The van der Waals surface area contributed by atoms with Crippen molar-refractivity contribution in [3.05, 3.63) is 42.2 Å². The maximum Gasteiger partial charge on any atom is 0.573 e. The predicted molar refractivity (Wildman–Crippen MR) is 91.5 cm³/mol. The molecule has 0 saturated carbocycles. The van der Waals surface area contributed by atoms with Crippen molar-refractivity contribution in [1.82, 2.24) is 10.3 Å². The van der Waals surface area contributed by atoms with Gasteiger partial charge in [-0.3, -0.25) is 4.79 Å². The highest BCUT2D eigenvalue weighted by molar-refractivity contribution is 7.91. The largest absolute Gasteiger partial charge is 0.573 e. The lowest BCUT2D eigenvalue weighted by Gasteiger charge is -2.11. The van der Waals surface area contributed by atoms with Gasteiger partial charge in [-0.1, -0.05) is 0 Å². The van der Waals surface area contributed by atoms with E-state index in [2.05, 4.69) is 15.0 Å². The quantitative estimate of drug-likeness (QED) is 0.559. The fourth-order valence-electron chi connectivity index (χ4n) is 2.10. The molecule has 8 nitrogen and oxygen atoms in total. The minimum atomic E-state index is -4.92. The number of nitrogens with two attached hydrogens (primary N) is 1. The molecule has 2 rings (SSSR count). The molecule has 1 unspecified atom stereocenters. The summed E-state index contributed by atoms with van der Waals surface area (Å²) < 4.78 is 77.6. The molecule has 1 heterocycles. The minimum Gasteiger partial charge on any atom is -0.406 e. The van der Waals surface area contributed by atoms with Crippen LogP contribution in [0, 0.1) is 0 Å². The maximum atomic E-state index is 12.6. The first-order chi connectivity index (χ1) is 13.4. The number of rotatable bonds is 7. The van der Waals surface area contributed by atoms with Gasteiger partial charge < -0.3 is 20.9 Å². The molecule has 1 atom stereocenters. The summed E-state index contributed by atoms with van der Waals surface area (Å²) in [7, 11) is -4.19. The molecule has 0 fully saturated rings. The van der Waals surface area contributed by atoms with Gasteiger partial charge >= 0.3 is 6.36 Å². The Kier molecular flexibility index (Phi) is 6.64. The number of nitrogen functional groups attached to an aromatic ring is 1. The third-order valence-electron chi connectivity index (χ3n) is 3.46. The van der Waals surface area contributed by atoms with Crippen LogP contribution in [0.1, 0.15) is 10.5 Å². The predicted octanol–water partition coefficient (Wildman–Crippen LogP) is 1.46. The summed E-state index contributed by atoms with van der Waals surface area (Å²) in [6, 6.07) is 4.42. The van der Waals surface area contributed by atoms with Crippen LogP contribution in [0.4, 0.5) is 23.2 Å². The van der Waals surface area contributed by atoms with Gasteiger partial charge in [-0.15, -0.1) is 13.2 Å². The average Bonchev–Trinajstić information content (AvgIpc) is 2.64. The van der Waals surface area contributed by atoms with Gasteiger partial charge in [0, 0.05) is 12.7 Å². The van der Waals surface area contributed by atoms with Crippen molar-refractivity contribution in [2.75, 3.05) is 19.0 Å². The molecule has 0 aliphatic carbocycles. The number of nitrogens with one attached hydrogen (secondary N) is 1. The molecule has 13 heteroatoms. The van der Waals surface area contributed by atoms with Gasteiger partial charge in [-0.2, -0.15) is 0 Å². The van der Waals surface area contributed by atoms with Crippen LogP contribution in [0.3, 0.4) is 0 Å². The Morgan fingerprint density at radius 1 is 1.24 bits per heavy atom. The number of sulfone groups is 1. The summed E-state index contributed by atoms with van der Waals surface area (Å²) >= 11 is 0. The molecule has 0 bridgehead atoms. The van der Waals surface area contributed by atoms with Gasteiger partial charge in [0.2, 0.25) is 9.84 Å². The number of aliphatic hydroxyl groups is 1. The Morgan fingerprint density at radius 3 is 2.38 bits per heavy atom. The normalized spacial score (nSPS) is 13.0. The number of amides is 1. The lowest BCUT2D eigenvalue weighted by Crippen LogP contribution is -2.34. The first kappa shape index (κ1) is 22.4. The van der Waals surface area contributed by atoms with Crippen molar-refractivity contribution in [2.45, 2.75) is 22.3 Å². The Labute approximate surface area is 162 Å². The number of benzene rings is 1. The Hall–Kier alpha value is -2.93. The van der Waals surface area contributed by atoms with E-state index in [1.165, 1.54) is 0 Å². The van der Waals surface area contributed by atoms with Crippen molar-refractivity contribution < 1.29 is 40.6 Å². The first-order valence-electron chi connectivity index (χ1n) is 7.82. The highest BCUT2D eigenvalue weighted by atomic mass is 32.2. The zero-order valence-corrected chi connectivity index (χ0v) is 15.3. The fraction of sp³-hybridized carbons (Fsp3) is 0.250. The number of hydrogen-bond donors (Lipinski definition) is 3. The van der Waals surface area contributed by atoms with Crippen molar-refractivity contribution >= 4 is 21.4 Å². The van der Waals surface area contributed by atoms with E-state index < -0.39 is 52.1 Å². The number of aliphatic hydroxyl groups excluding tert-OH is 1. The highest BCUT2D eigenvalue weighted by Crippen LogP contribution is 2.27. The van der Waals surface area contributed by atoms with Gasteiger partial charge in [0.15, 0.2) is 5.69 Å². The smallest absolute Gasteiger partial charge is 0.406 e. The molecule has 1 aromatic carbocycles. The number of hydrogen-bond acceptors (Lipinski definition) is 7. The van der Waals surface area contributed by atoms with Crippen LogP contribution in [-0.2, 0) is 9.84 Å². The minimum absolute atomic E-state index is 0.310. The summed E-state index contributed by atoms with van der Waals surface area (Å²) in [5.41, 5.74) is 5.01. The van der Waals surface area contributed by atoms with E-state index in [-0.39, 0.29) is 16.3 Å². The van der Waals surface area contributed by atoms with Gasteiger partial charge in [0.05, 0.1) is 21.6 Å². The number of pyridine rings is 1. The molecule has 0 spiro atoms. The maximum absolute atomic E-state index is 12.6. The Bertz CT molecular complexity index is 981. The van der Waals surface area contributed by atoms with Crippen LogP contribution < -0.4 is 15.8 Å². The third-order valence-corrected chi connectivity index (χ3v) is 5.20. The van der Waals surface area contributed by atoms with Crippen molar-refractivity contribution in [3.63, 3.8) is 0 Å². The van der Waals surface area contributed by atoms with E-state index in [1.807, 2.05) is 0 Å². The fourth-order valence-corrected chi connectivity index (χ4v) is 3.34. The highest BCUT2D eigenvalue weighted by Gasteiger charge is 2.31. The number of ether oxygens (including phenoxy) is 1. The van der Waals surface area contributed by atoms with Gasteiger partial charge in [-0.05, 0) is 30.3 Å². The molecular formula is C16H15F4N3O5S. The molecule has 1 aromatic heterocycles. The molecule has 0 radical (unpaired) electrons. The topological polar surface area (TPSA) is 132 Å². The van der Waals surface area contributed by atoms with Crippen molar-refractivity contribution in [3.8, 4) is 5.75 Å². The van der Waals surface area contributed by atoms with E-state index >= 15 is 0 Å². The Balaban J connectivity index is 2.23. The van der Waals surface area contributed by atoms with Crippen LogP contribution in [0.25, 0.3) is 0 Å². The lowest BCUT2D eigenvalue weighted by molar-refractivity contribution is -0.274. The van der Waals surface area contributed by atoms with E-state index in [0.717, 1.165) is 36.5 Å². The van der Waals surface area contributed by atoms with Crippen molar-refractivity contribution in [1.29, 1.82) is 0 Å². The van der Waals surface area contributed by atoms with Crippen LogP contribution in [0.15, 0.2) is 46.3 Å². The van der Waals surface area contributed by atoms with Crippen LogP contribution in [0.2, 0.25) is 0 Å². The summed E-state index contributed by atoms with van der Waals surface area (Å²) in [4.78, 5) is 14.8. The van der Waals surface area contributed by atoms with Crippen LogP contribution in [0.5, 0.6) is 5.75 Å². The monoisotopic (exact) mass is 437 g/mol. The van der Waals surface area contributed by atoms with E-state index in [9.17, 15) is 30.8 Å². The van der Waals surface area contributed by atoms with Crippen LogP contribution in [-0.4, -0.2) is 50.1 Å². The number of halogens is 4. The number of alkyl halides is 4. The Morgan fingerprint density at radius 2 is 1.86 bits per heavy atom. The van der Waals surface area contributed by atoms with Gasteiger partial charge in [-0.25, -0.2) is 17.8 Å². The number of carbonyl (C=O) groups excluding carboxylic acids is 1. The molecule has 0 saturated heterocycles. The molecule has 0 aliphatic rings. The number of nitrogens with zero attached hydrogens (tertiary/aromatic N) is 1. The molecule has 158 valence electrons. The second-order valence-electron chi connectivity index (χ2n) is 5.65. The number of anilines is 1. The van der Waals surface area contributed by atoms with Gasteiger partial charge in [0.25, 0.3) is 5.91 Å². The summed E-state index contributed by atoms with van der Waals surface area (Å²) in [6.45, 7) is -1.48. The molecular weight excluding hydrogens is 422 g/mol. The molecule has 2 aromatic rings. The molecule has 1 amide bonds. The van der Waals surface area contributed by atoms with E-state index in [0.29, 0.717) is 0 Å². The molecule has 0 aliphatic heterocycles. The van der Waals surface area contributed by atoms with Crippen molar-refractivity contribution in [2.24, 2.45) is 0 Å². The average molecular weight is 437 g/mol. The van der Waals surface area contributed by atoms with Crippen LogP contribution >= 0.6 is 0 Å². The van der Waals surface area contributed by atoms with Gasteiger partial charge in [0.1, 0.15) is 12.4 Å². The molecule has 29 heavy (non-hydrogen) atoms.